The van der Waals surface area contributed by atoms with Gasteiger partial charge >= 0.3 is 0 Å². The number of aryl methyl sites for hydroxylation is 2. The predicted molar refractivity (Wildman–Crippen MR) is 101 cm³/mol. The third kappa shape index (κ3) is 6.37. The molecule has 0 bridgehead atoms. The van der Waals surface area contributed by atoms with Crippen molar-refractivity contribution in [2.24, 2.45) is 0 Å². The molecule has 1 aromatic heterocycles. The van der Waals surface area contributed by atoms with E-state index in [-0.39, 0.29) is 0 Å². The van der Waals surface area contributed by atoms with Gasteiger partial charge in [-0.25, -0.2) is 4.98 Å². The van der Waals surface area contributed by atoms with Gasteiger partial charge in [-0.15, -0.1) is 0 Å². The molecule has 0 amide bonds. The topological polar surface area (TPSA) is 28.7 Å². The highest BCUT2D eigenvalue weighted by Crippen LogP contribution is 2.17. The zero-order valence-corrected chi connectivity index (χ0v) is 15.2. The minimum absolute atomic E-state index is 1.09. The SMILES string of the molecule is CCCCCCCc1ccc2nc(CCCCCCC)[nH]c2c1. The van der Waals surface area contributed by atoms with Crippen molar-refractivity contribution in [3.63, 3.8) is 0 Å². The average molecular weight is 315 g/mol. The quantitative estimate of drug-likeness (QED) is 0.440. The van der Waals surface area contributed by atoms with Gasteiger partial charge in [0.1, 0.15) is 5.82 Å². The van der Waals surface area contributed by atoms with E-state index in [9.17, 15) is 0 Å². The van der Waals surface area contributed by atoms with E-state index in [1.165, 1.54) is 81.7 Å². The molecule has 0 unspecified atom stereocenters. The number of imidazole rings is 1. The molecule has 2 rings (SSSR count). The Balaban J connectivity index is 1.80. The Morgan fingerprint density at radius 1 is 0.783 bits per heavy atom. The van der Waals surface area contributed by atoms with Crippen molar-refractivity contribution in [1.82, 2.24) is 9.97 Å². The van der Waals surface area contributed by atoms with E-state index >= 15 is 0 Å². The van der Waals surface area contributed by atoms with E-state index in [2.05, 4.69) is 37.0 Å². The highest BCUT2D eigenvalue weighted by molar-refractivity contribution is 5.75. The van der Waals surface area contributed by atoms with Crippen LogP contribution in [0.2, 0.25) is 0 Å². The van der Waals surface area contributed by atoms with Crippen molar-refractivity contribution in [3.8, 4) is 0 Å². The van der Waals surface area contributed by atoms with Crippen LogP contribution in [0.1, 0.15) is 89.4 Å². The molecule has 0 radical (unpaired) electrons. The first-order chi connectivity index (χ1) is 11.3. The van der Waals surface area contributed by atoms with Crippen LogP contribution in [-0.2, 0) is 12.8 Å². The molecule has 2 heteroatoms. The van der Waals surface area contributed by atoms with Crippen molar-refractivity contribution in [2.45, 2.75) is 90.9 Å². The van der Waals surface area contributed by atoms with Gasteiger partial charge in [-0.2, -0.15) is 0 Å². The molecule has 0 saturated carbocycles. The number of nitrogens with zero attached hydrogens (tertiary/aromatic N) is 1. The van der Waals surface area contributed by atoms with E-state index in [0.29, 0.717) is 0 Å². The smallest absolute Gasteiger partial charge is 0.107 e. The maximum Gasteiger partial charge on any atom is 0.107 e. The zero-order valence-electron chi connectivity index (χ0n) is 15.2. The molecule has 128 valence electrons. The van der Waals surface area contributed by atoms with Gasteiger partial charge in [0.15, 0.2) is 0 Å². The standard InChI is InChI=1S/C21H34N2/c1-3-5-7-9-11-13-18-15-16-19-20(17-18)23-21(22-19)14-12-10-8-6-4-2/h15-17H,3-14H2,1-2H3,(H,22,23). The second kappa shape index (κ2) is 10.5. The fourth-order valence-electron chi connectivity index (χ4n) is 3.21. The number of benzene rings is 1. The van der Waals surface area contributed by atoms with Crippen LogP contribution in [0.5, 0.6) is 0 Å². The minimum Gasteiger partial charge on any atom is -0.342 e. The molecular weight excluding hydrogens is 280 g/mol. The number of hydrogen-bond donors (Lipinski definition) is 1. The zero-order chi connectivity index (χ0) is 16.3. The summed E-state index contributed by atoms with van der Waals surface area (Å²) < 4.78 is 0. The number of fused-ring (bicyclic) bond motifs is 1. The molecule has 23 heavy (non-hydrogen) atoms. The van der Waals surface area contributed by atoms with Gasteiger partial charge in [-0.1, -0.05) is 71.3 Å². The molecule has 0 aliphatic rings. The molecule has 0 fully saturated rings. The van der Waals surface area contributed by atoms with E-state index in [1.54, 1.807) is 0 Å². The molecule has 0 spiro atoms. The molecule has 0 aliphatic carbocycles. The van der Waals surface area contributed by atoms with Gasteiger partial charge in [-0.3, -0.25) is 0 Å². The van der Waals surface area contributed by atoms with Crippen LogP contribution in [0.4, 0.5) is 0 Å². The summed E-state index contributed by atoms with van der Waals surface area (Å²) in [6.45, 7) is 4.54. The third-order valence-electron chi connectivity index (χ3n) is 4.68. The third-order valence-corrected chi connectivity index (χ3v) is 4.68. The molecule has 2 nitrogen and oxygen atoms in total. The summed E-state index contributed by atoms with van der Waals surface area (Å²) in [4.78, 5) is 8.26. The Hall–Kier alpha value is -1.31. The van der Waals surface area contributed by atoms with Crippen molar-refractivity contribution in [3.05, 3.63) is 29.6 Å². The Morgan fingerprint density at radius 3 is 2.13 bits per heavy atom. The van der Waals surface area contributed by atoms with Crippen LogP contribution in [0, 0.1) is 0 Å². The second-order valence-electron chi connectivity index (χ2n) is 6.86. The lowest BCUT2D eigenvalue weighted by molar-refractivity contribution is 0.625. The van der Waals surface area contributed by atoms with E-state index < -0.39 is 0 Å². The Labute approximate surface area is 142 Å². The first-order valence-corrected chi connectivity index (χ1v) is 9.81. The number of unbranched alkanes of at least 4 members (excludes halogenated alkanes) is 8. The van der Waals surface area contributed by atoms with Crippen molar-refractivity contribution >= 4 is 11.0 Å². The van der Waals surface area contributed by atoms with Gasteiger partial charge in [0.2, 0.25) is 0 Å². The molecule has 0 aliphatic heterocycles. The largest absolute Gasteiger partial charge is 0.342 e. The lowest BCUT2D eigenvalue weighted by atomic mass is 10.1. The highest BCUT2D eigenvalue weighted by atomic mass is 14.9. The molecule has 0 atom stereocenters. The van der Waals surface area contributed by atoms with Gasteiger partial charge in [0.05, 0.1) is 11.0 Å². The molecular formula is C21H34N2. The predicted octanol–water partition coefficient (Wildman–Crippen LogP) is 6.59. The van der Waals surface area contributed by atoms with Crippen LogP contribution < -0.4 is 0 Å². The first kappa shape index (κ1) is 18.0. The summed E-state index contributed by atoms with van der Waals surface area (Å²) in [6, 6.07) is 6.75. The number of aromatic nitrogens is 2. The van der Waals surface area contributed by atoms with Crippen LogP contribution in [0.3, 0.4) is 0 Å². The van der Waals surface area contributed by atoms with Crippen molar-refractivity contribution < 1.29 is 0 Å². The monoisotopic (exact) mass is 314 g/mol. The maximum absolute atomic E-state index is 4.74. The summed E-state index contributed by atoms with van der Waals surface area (Å²) in [5.74, 6) is 1.16. The van der Waals surface area contributed by atoms with Crippen LogP contribution in [0.25, 0.3) is 11.0 Å². The number of H-pyrrole nitrogens is 1. The first-order valence-electron chi connectivity index (χ1n) is 9.81. The number of aromatic amines is 1. The Bertz CT molecular complexity index is 544. The van der Waals surface area contributed by atoms with Gasteiger partial charge < -0.3 is 4.98 Å². The second-order valence-corrected chi connectivity index (χ2v) is 6.86. The summed E-state index contributed by atoms with van der Waals surface area (Å²) in [5, 5.41) is 0. The number of rotatable bonds is 12. The fourth-order valence-corrected chi connectivity index (χ4v) is 3.21. The summed E-state index contributed by atoms with van der Waals surface area (Å²) in [6.07, 6.45) is 15.6. The van der Waals surface area contributed by atoms with Crippen LogP contribution in [0.15, 0.2) is 18.2 Å². The Morgan fingerprint density at radius 2 is 1.43 bits per heavy atom. The van der Waals surface area contributed by atoms with E-state index in [0.717, 1.165) is 17.8 Å². The maximum atomic E-state index is 4.74. The normalized spacial score (nSPS) is 11.4. The summed E-state index contributed by atoms with van der Waals surface area (Å²) in [5.41, 5.74) is 3.80. The summed E-state index contributed by atoms with van der Waals surface area (Å²) >= 11 is 0. The van der Waals surface area contributed by atoms with Crippen molar-refractivity contribution in [1.29, 1.82) is 0 Å². The lowest BCUT2D eigenvalue weighted by Gasteiger charge is -2.01. The van der Waals surface area contributed by atoms with Crippen LogP contribution in [-0.4, -0.2) is 9.97 Å². The molecule has 2 aromatic rings. The fraction of sp³-hybridized carbons (Fsp3) is 0.667. The number of nitrogens with one attached hydrogen (secondary N) is 1. The van der Waals surface area contributed by atoms with E-state index in [4.69, 9.17) is 4.98 Å². The van der Waals surface area contributed by atoms with Gasteiger partial charge in [0, 0.05) is 6.42 Å². The van der Waals surface area contributed by atoms with Crippen LogP contribution >= 0.6 is 0 Å². The summed E-state index contributed by atoms with van der Waals surface area (Å²) in [7, 11) is 0. The Kier molecular flexibility index (Phi) is 8.20. The molecule has 1 aromatic carbocycles. The highest BCUT2D eigenvalue weighted by Gasteiger charge is 2.04. The average Bonchev–Trinajstić information content (AvgIpc) is 2.96. The molecule has 1 N–H and O–H groups in total. The van der Waals surface area contributed by atoms with Gasteiger partial charge in [0.25, 0.3) is 0 Å². The lowest BCUT2D eigenvalue weighted by Crippen LogP contribution is -1.88. The van der Waals surface area contributed by atoms with Crippen molar-refractivity contribution in [2.75, 3.05) is 0 Å². The number of hydrogen-bond acceptors (Lipinski definition) is 1. The van der Waals surface area contributed by atoms with E-state index in [1.807, 2.05) is 0 Å². The minimum atomic E-state index is 1.09. The molecule has 0 saturated heterocycles. The molecule has 1 heterocycles. The van der Waals surface area contributed by atoms with Gasteiger partial charge in [-0.05, 0) is 37.0 Å².